The molecule has 0 aliphatic carbocycles. The first-order valence-electron chi connectivity index (χ1n) is 10.9. The molecule has 2 heteroatoms. The van der Waals surface area contributed by atoms with Crippen LogP contribution in [0.15, 0.2) is 97.1 Å². The van der Waals surface area contributed by atoms with Crippen molar-refractivity contribution in [1.29, 1.82) is 0 Å². The summed E-state index contributed by atoms with van der Waals surface area (Å²) in [5.74, 6) is 0.873. The van der Waals surface area contributed by atoms with Gasteiger partial charge in [-0.05, 0) is 83.6 Å². The van der Waals surface area contributed by atoms with Crippen LogP contribution in [0, 0.1) is 0 Å². The van der Waals surface area contributed by atoms with Crippen molar-refractivity contribution in [1.82, 2.24) is 0 Å². The summed E-state index contributed by atoms with van der Waals surface area (Å²) >= 11 is 0. The second kappa shape index (κ2) is 9.53. The van der Waals surface area contributed by atoms with Crippen molar-refractivity contribution in [2.75, 3.05) is 12.0 Å². The molecular formula is C29H29NO. The minimum atomic E-state index is 0.873. The van der Waals surface area contributed by atoms with Crippen molar-refractivity contribution in [2.24, 2.45) is 0 Å². The molecule has 0 aliphatic heterocycles. The summed E-state index contributed by atoms with van der Waals surface area (Å²) in [5, 5.41) is 0. The van der Waals surface area contributed by atoms with Crippen molar-refractivity contribution >= 4 is 17.1 Å². The number of aryl methyl sites for hydroxylation is 2. The van der Waals surface area contributed by atoms with E-state index in [4.69, 9.17) is 4.74 Å². The number of anilines is 3. The first kappa shape index (κ1) is 20.7. The zero-order chi connectivity index (χ0) is 21.6. The van der Waals surface area contributed by atoms with Gasteiger partial charge in [-0.15, -0.1) is 0 Å². The third kappa shape index (κ3) is 4.64. The first-order valence-corrected chi connectivity index (χ1v) is 10.9. The van der Waals surface area contributed by atoms with Gasteiger partial charge in [0.15, 0.2) is 0 Å². The number of hydrogen-bond acceptors (Lipinski definition) is 2. The molecule has 0 aromatic heterocycles. The van der Waals surface area contributed by atoms with E-state index in [2.05, 4.69) is 104 Å². The third-order valence-corrected chi connectivity index (χ3v) is 5.75. The highest BCUT2D eigenvalue weighted by molar-refractivity contribution is 5.78. The summed E-state index contributed by atoms with van der Waals surface area (Å²) < 4.78 is 5.28. The number of rotatable bonds is 7. The monoisotopic (exact) mass is 407 g/mol. The maximum atomic E-state index is 5.28. The minimum Gasteiger partial charge on any atom is -0.497 e. The molecule has 0 unspecified atom stereocenters. The molecule has 0 atom stereocenters. The van der Waals surface area contributed by atoms with Crippen LogP contribution in [0.2, 0.25) is 0 Å². The highest BCUT2D eigenvalue weighted by Gasteiger charge is 2.13. The van der Waals surface area contributed by atoms with E-state index in [-0.39, 0.29) is 0 Å². The molecule has 4 rings (SSSR count). The van der Waals surface area contributed by atoms with Crippen LogP contribution in [0.25, 0.3) is 11.1 Å². The van der Waals surface area contributed by atoms with Gasteiger partial charge in [0.1, 0.15) is 5.75 Å². The Morgan fingerprint density at radius 3 is 1.23 bits per heavy atom. The van der Waals surface area contributed by atoms with E-state index in [1.54, 1.807) is 7.11 Å². The van der Waals surface area contributed by atoms with Crippen molar-refractivity contribution in [3.63, 3.8) is 0 Å². The van der Waals surface area contributed by atoms with E-state index in [1.807, 2.05) is 12.1 Å². The Morgan fingerprint density at radius 1 is 0.516 bits per heavy atom. The molecule has 0 bridgehead atoms. The van der Waals surface area contributed by atoms with Gasteiger partial charge in [0.05, 0.1) is 7.11 Å². The van der Waals surface area contributed by atoms with Gasteiger partial charge in [0, 0.05) is 17.1 Å². The predicted octanol–water partition coefficient (Wildman–Crippen LogP) is 7.96. The highest BCUT2D eigenvalue weighted by Crippen LogP contribution is 2.36. The van der Waals surface area contributed by atoms with E-state index in [1.165, 1.54) is 33.6 Å². The fraction of sp³-hybridized carbons (Fsp3) is 0.172. The molecule has 0 saturated heterocycles. The maximum Gasteiger partial charge on any atom is 0.118 e. The maximum absolute atomic E-state index is 5.28. The van der Waals surface area contributed by atoms with Gasteiger partial charge in [0.25, 0.3) is 0 Å². The van der Waals surface area contributed by atoms with Crippen LogP contribution in [0.5, 0.6) is 5.75 Å². The Hall–Kier alpha value is -3.52. The third-order valence-electron chi connectivity index (χ3n) is 5.75. The van der Waals surface area contributed by atoms with Gasteiger partial charge in [-0.1, -0.05) is 62.4 Å². The number of hydrogen-bond donors (Lipinski definition) is 0. The molecule has 31 heavy (non-hydrogen) atoms. The molecule has 0 radical (unpaired) electrons. The Balaban J connectivity index is 1.71. The summed E-state index contributed by atoms with van der Waals surface area (Å²) in [4.78, 5) is 2.32. The quantitative estimate of drug-likeness (QED) is 0.308. The fourth-order valence-electron chi connectivity index (χ4n) is 3.80. The molecular weight excluding hydrogens is 378 g/mol. The topological polar surface area (TPSA) is 12.5 Å². The Labute approximate surface area is 185 Å². The standard InChI is InChI=1S/C29H29NO/c1-4-22-6-14-26(15-7-22)30(27-16-8-23(5-2)9-17-27)28-18-10-24(11-19-28)25-12-20-29(31-3)21-13-25/h6-21H,4-5H2,1-3H3. The summed E-state index contributed by atoms with van der Waals surface area (Å²) in [6.45, 7) is 4.38. The van der Waals surface area contributed by atoms with E-state index in [0.717, 1.165) is 24.3 Å². The number of ether oxygens (including phenoxy) is 1. The van der Waals surface area contributed by atoms with Crippen molar-refractivity contribution < 1.29 is 4.74 Å². The lowest BCUT2D eigenvalue weighted by atomic mass is 10.0. The van der Waals surface area contributed by atoms with Crippen LogP contribution in [0.3, 0.4) is 0 Å². The van der Waals surface area contributed by atoms with Gasteiger partial charge < -0.3 is 9.64 Å². The highest BCUT2D eigenvalue weighted by atomic mass is 16.5. The first-order chi connectivity index (χ1) is 15.2. The van der Waals surface area contributed by atoms with Crippen LogP contribution in [-0.2, 0) is 12.8 Å². The lowest BCUT2D eigenvalue weighted by Gasteiger charge is -2.26. The zero-order valence-corrected chi connectivity index (χ0v) is 18.5. The van der Waals surface area contributed by atoms with Gasteiger partial charge in [-0.3, -0.25) is 0 Å². The average molecular weight is 408 g/mol. The molecule has 4 aromatic carbocycles. The SMILES string of the molecule is CCc1ccc(N(c2ccc(CC)cc2)c2ccc(-c3ccc(OC)cc3)cc2)cc1. The molecule has 0 N–H and O–H groups in total. The number of benzene rings is 4. The van der Waals surface area contributed by atoms with Crippen LogP contribution < -0.4 is 9.64 Å². The van der Waals surface area contributed by atoms with E-state index >= 15 is 0 Å². The molecule has 0 saturated carbocycles. The molecule has 0 aliphatic rings. The molecule has 156 valence electrons. The van der Waals surface area contributed by atoms with Crippen molar-refractivity contribution in [3.05, 3.63) is 108 Å². The molecule has 0 heterocycles. The second-order valence-electron chi connectivity index (χ2n) is 7.65. The zero-order valence-electron chi connectivity index (χ0n) is 18.5. The molecule has 0 amide bonds. The largest absolute Gasteiger partial charge is 0.497 e. The number of methoxy groups -OCH3 is 1. The van der Waals surface area contributed by atoms with Crippen LogP contribution in [0.1, 0.15) is 25.0 Å². The molecule has 0 fully saturated rings. The van der Waals surface area contributed by atoms with Gasteiger partial charge in [-0.25, -0.2) is 0 Å². The molecule has 0 spiro atoms. The number of nitrogens with zero attached hydrogens (tertiary/aromatic N) is 1. The Morgan fingerprint density at radius 2 is 0.871 bits per heavy atom. The smallest absolute Gasteiger partial charge is 0.118 e. The predicted molar refractivity (Wildman–Crippen MR) is 132 cm³/mol. The van der Waals surface area contributed by atoms with E-state index < -0.39 is 0 Å². The summed E-state index contributed by atoms with van der Waals surface area (Å²) in [7, 11) is 1.69. The Kier molecular flexibility index (Phi) is 6.37. The fourth-order valence-corrected chi connectivity index (χ4v) is 3.80. The normalized spacial score (nSPS) is 10.7. The van der Waals surface area contributed by atoms with Crippen LogP contribution in [-0.4, -0.2) is 7.11 Å². The van der Waals surface area contributed by atoms with Crippen molar-refractivity contribution in [3.8, 4) is 16.9 Å². The average Bonchev–Trinajstić information content (AvgIpc) is 2.85. The van der Waals surface area contributed by atoms with Gasteiger partial charge in [-0.2, -0.15) is 0 Å². The van der Waals surface area contributed by atoms with E-state index in [0.29, 0.717) is 0 Å². The lowest BCUT2D eigenvalue weighted by molar-refractivity contribution is 0.415. The van der Waals surface area contributed by atoms with Crippen LogP contribution in [0.4, 0.5) is 17.1 Å². The van der Waals surface area contributed by atoms with Crippen molar-refractivity contribution in [2.45, 2.75) is 26.7 Å². The van der Waals surface area contributed by atoms with Gasteiger partial charge >= 0.3 is 0 Å². The Bertz CT molecular complexity index is 1050. The molecule has 4 aromatic rings. The van der Waals surface area contributed by atoms with Crippen LogP contribution >= 0.6 is 0 Å². The minimum absolute atomic E-state index is 0.873. The lowest BCUT2D eigenvalue weighted by Crippen LogP contribution is -2.10. The van der Waals surface area contributed by atoms with E-state index in [9.17, 15) is 0 Å². The molecule has 2 nitrogen and oxygen atoms in total. The second-order valence-corrected chi connectivity index (χ2v) is 7.65. The summed E-state index contributed by atoms with van der Waals surface area (Å²) in [6, 6.07) is 34.7. The summed E-state index contributed by atoms with van der Waals surface area (Å²) in [6.07, 6.45) is 2.09. The summed E-state index contributed by atoms with van der Waals surface area (Å²) in [5.41, 5.74) is 8.54. The van der Waals surface area contributed by atoms with Gasteiger partial charge in [0.2, 0.25) is 0 Å².